The Balaban J connectivity index is 1.01. The van der Waals surface area contributed by atoms with Crippen LogP contribution in [0.15, 0.2) is 192 Å². The molecule has 0 saturated heterocycles. The van der Waals surface area contributed by atoms with Gasteiger partial charge < -0.3 is 9.32 Å². The molecule has 0 unspecified atom stereocenters. The molecule has 1 aliphatic carbocycles. The van der Waals surface area contributed by atoms with Gasteiger partial charge in [0.05, 0.1) is 21.6 Å². The molecular formula is C55H37N3OS. The Morgan fingerprint density at radius 2 is 1.18 bits per heavy atom. The standard InChI is InChI=1S/C55H37N3OS/c1-55(2)44-22-12-9-19-40(44)41-30-29-38(33-45(41)55)58(37-17-7-4-8-18-37)46-32-31-39(49-42-20-10-13-23-47(42)59-52(46)49)34-25-27-36(28-26-34)54-56-50(35-15-5-3-6-16-35)53-51(57-54)43-21-11-14-24-48(43)60-53/h3-33H,1-2H3. The largest absolute Gasteiger partial charge is 0.454 e. The van der Waals surface area contributed by atoms with Crippen LogP contribution >= 0.6 is 11.3 Å². The van der Waals surface area contributed by atoms with Crippen LogP contribution in [0.1, 0.15) is 25.0 Å². The van der Waals surface area contributed by atoms with Crippen molar-refractivity contribution in [2.75, 3.05) is 4.90 Å². The van der Waals surface area contributed by atoms with E-state index < -0.39 is 0 Å². The summed E-state index contributed by atoms with van der Waals surface area (Å²) in [5, 5.41) is 3.32. The van der Waals surface area contributed by atoms with Crippen LogP contribution in [0.25, 0.3) is 87.1 Å². The lowest BCUT2D eigenvalue weighted by molar-refractivity contribution is 0.660. The average molecular weight is 788 g/mol. The highest BCUT2D eigenvalue weighted by Crippen LogP contribution is 2.52. The van der Waals surface area contributed by atoms with Crippen molar-refractivity contribution in [3.05, 3.63) is 199 Å². The number of thiophene rings is 1. The Bertz CT molecular complexity index is 3460. The van der Waals surface area contributed by atoms with Crippen LogP contribution in [0.5, 0.6) is 0 Å². The number of hydrogen-bond donors (Lipinski definition) is 0. The fourth-order valence-electron chi connectivity index (χ4n) is 9.38. The summed E-state index contributed by atoms with van der Waals surface area (Å²) in [5.74, 6) is 0.713. The third kappa shape index (κ3) is 5.29. The number of furan rings is 1. The molecular weight excluding hydrogens is 751 g/mol. The first-order chi connectivity index (χ1) is 29.5. The SMILES string of the molecule is CC1(C)c2ccccc2-c2ccc(N(c3ccccc3)c3ccc(-c4ccc(-c5nc(-c6ccccc6)c6sc7ccccc7c6n5)cc4)c4c3oc3ccccc34)cc21. The average Bonchev–Trinajstić information content (AvgIpc) is 3.95. The summed E-state index contributed by atoms with van der Waals surface area (Å²) >= 11 is 1.75. The van der Waals surface area contributed by atoms with Gasteiger partial charge in [0.15, 0.2) is 11.4 Å². The quantitative estimate of drug-likeness (QED) is 0.168. The van der Waals surface area contributed by atoms with Gasteiger partial charge in [0.25, 0.3) is 0 Å². The maximum Gasteiger partial charge on any atom is 0.160 e. The van der Waals surface area contributed by atoms with E-state index in [0.717, 1.165) is 82.6 Å². The molecule has 0 aliphatic heterocycles. The minimum atomic E-state index is -0.133. The van der Waals surface area contributed by atoms with Crippen LogP contribution in [-0.4, -0.2) is 9.97 Å². The lowest BCUT2D eigenvalue weighted by atomic mass is 9.82. The maximum absolute atomic E-state index is 6.91. The van der Waals surface area contributed by atoms with Crippen molar-refractivity contribution >= 4 is 70.6 Å². The van der Waals surface area contributed by atoms with Gasteiger partial charge in [-0.15, -0.1) is 11.3 Å². The third-order valence-electron chi connectivity index (χ3n) is 12.3. The first-order valence-electron chi connectivity index (χ1n) is 20.4. The molecule has 12 rings (SSSR count). The summed E-state index contributed by atoms with van der Waals surface area (Å²) in [6.07, 6.45) is 0. The van der Waals surface area contributed by atoms with Crippen LogP contribution in [0.4, 0.5) is 17.1 Å². The summed E-state index contributed by atoms with van der Waals surface area (Å²) in [6.45, 7) is 4.67. The van der Waals surface area contributed by atoms with E-state index in [0.29, 0.717) is 5.82 Å². The fourth-order valence-corrected chi connectivity index (χ4v) is 10.5. The second kappa shape index (κ2) is 13.3. The van der Waals surface area contributed by atoms with Crippen molar-refractivity contribution in [3.63, 3.8) is 0 Å². The Morgan fingerprint density at radius 1 is 0.517 bits per heavy atom. The fraction of sp³-hybridized carbons (Fsp3) is 0.0545. The minimum Gasteiger partial charge on any atom is -0.454 e. The van der Waals surface area contributed by atoms with Gasteiger partial charge in [-0.3, -0.25) is 0 Å². The first-order valence-corrected chi connectivity index (χ1v) is 21.2. The topological polar surface area (TPSA) is 42.2 Å². The van der Waals surface area contributed by atoms with Crippen molar-refractivity contribution < 1.29 is 4.42 Å². The Kier molecular flexibility index (Phi) is 7.72. The van der Waals surface area contributed by atoms with E-state index in [1.807, 2.05) is 12.1 Å². The summed E-state index contributed by atoms with van der Waals surface area (Å²) in [4.78, 5) is 12.8. The van der Waals surface area contributed by atoms with E-state index in [4.69, 9.17) is 14.4 Å². The molecule has 0 saturated carbocycles. The number of nitrogens with zero attached hydrogens (tertiary/aromatic N) is 3. The predicted octanol–water partition coefficient (Wildman–Crippen LogP) is 15.5. The summed E-state index contributed by atoms with van der Waals surface area (Å²) in [7, 11) is 0. The Labute approximate surface area is 351 Å². The van der Waals surface area contributed by atoms with Gasteiger partial charge in [0.1, 0.15) is 5.58 Å². The maximum atomic E-state index is 6.91. The molecule has 0 radical (unpaired) electrons. The molecule has 0 amide bonds. The van der Waals surface area contributed by atoms with E-state index in [1.54, 1.807) is 11.3 Å². The molecule has 0 N–H and O–H groups in total. The molecule has 8 aromatic carbocycles. The lowest BCUT2D eigenvalue weighted by Gasteiger charge is -2.28. The normalized spacial score (nSPS) is 13.0. The van der Waals surface area contributed by atoms with Gasteiger partial charge in [0, 0.05) is 48.8 Å². The smallest absolute Gasteiger partial charge is 0.160 e. The predicted molar refractivity (Wildman–Crippen MR) is 251 cm³/mol. The molecule has 1 aliphatic rings. The Morgan fingerprint density at radius 3 is 2.02 bits per heavy atom. The summed E-state index contributed by atoms with van der Waals surface area (Å²) in [5.41, 5.74) is 16.2. The molecule has 5 heteroatoms. The zero-order valence-corrected chi connectivity index (χ0v) is 33.9. The van der Waals surface area contributed by atoms with Crippen molar-refractivity contribution in [1.82, 2.24) is 9.97 Å². The van der Waals surface area contributed by atoms with Gasteiger partial charge in [-0.05, 0) is 75.8 Å². The number of anilines is 3. The van der Waals surface area contributed by atoms with Gasteiger partial charge in [0.2, 0.25) is 0 Å². The van der Waals surface area contributed by atoms with Crippen molar-refractivity contribution in [1.29, 1.82) is 0 Å². The second-order valence-electron chi connectivity index (χ2n) is 16.1. The number of fused-ring (bicyclic) bond motifs is 9. The minimum absolute atomic E-state index is 0.133. The molecule has 0 fully saturated rings. The van der Waals surface area contributed by atoms with Crippen molar-refractivity contribution in [2.45, 2.75) is 19.3 Å². The van der Waals surface area contributed by atoms with Crippen molar-refractivity contribution in [3.8, 4) is 44.9 Å². The van der Waals surface area contributed by atoms with Gasteiger partial charge >= 0.3 is 0 Å². The number of hydrogen-bond acceptors (Lipinski definition) is 5. The molecule has 4 nitrogen and oxygen atoms in total. The van der Waals surface area contributed by atoms with Crippen LogP contribution < -0.4 is 4.90 Å². The molecule has 3 heterocycles. The lowest BCUT2D eigenvalue weighted by Crippen LogP contribution is -2.16. The van der Waals surface area contributed by atoms with E-state index >= 15 is 0 Å². The molecule has 60 heavy (non-hydrogen) atoms. The number of rotatable bonds is 6. The highest BCUT2D eigenvalue weighted by atomic mass is 32.1. The molecule has 284 valence electrons. The van der Waals surface area contributed by atoms with Gasteiger partial charge in [-0.2, -0.15) is 0 Å². The van der Waals surface area contributed by atoms with E-state index in [9.17, 15) is 0 Å². The highest BCUT2D eigenvalue weighted by molar-refractivity contribution is 7.26. The summed E-state index contributed by atoms with van der Waals surface area (Å²) < 4.78 is 9.23. The van der Waals surface area contributed by atoms with Crippen LogP contribution in [0.2, 0.25) is 0 Å². The number of aromatic nitrogens is 2. The van der Waals surface area contributed by atoms with Gasteiger partial charge in [-0.25, -0.2) is 9.97 Å². The molecule has 0 bridgehead atoms. The molecule has 3 aromatic heterocycles. The van der Waals surface area contributed by atoms with Crippen molar-refractivity contribution in [2.24, 2.45) is 0 Å². The van der Waals surface area contributed by atoms with E-state index in [-0.39, 0.29) is 5.41 Å². The Hall–Kier alpha value is -7.34. The molecule has 0 spiro atoms. The van der Waals surface area contributed by atoms with Crippen LogP contribution in [-0.2, 0) is 5.41 Å². The zero-order chi connectivity index (χ0) is 40.0. The molecule has 11 aromatic rings. The second-order valence-corrected chi connectivity index (χ2v) is 17.2. The highest BCUT2D eigenvalue weighted by Gasteiger charge is 2.36. The number of benzene rings is 8. The molecule has 0 atom stereocenters. The van der Waals surface area contributed by atoms with E-state index in [2.05, 4.69) is 195 Å². The van der Waals surface area contributed by atoms with Gasteiger partial charge in [-0.1, -0.05) is 159 Å². The monoisotopic (exact) mass is 787 g/mol. The van der Waals surface area contributed by atoms with Crippen LogP contribution in [0.3, 0.4) is 0 Å². The van der Waals surface area contributed by atoms with E-state index in [1.165, 1.54) is 27.0 Å². The van der Waals surface area contributed by atoms with Crippen LogP contribution in [0, 0.1) is 0 Å². The first kappa shape index (κ1) is 34.7. The third-order valence-corrected chi connectivity index (χ3v) is 13.5. The number of para-hydroxylation sites is 2. The summed E-state index contributed by atoms with van der Waals surface area (Å²) in [6, 6.07) is 66.9. The zero-order valence-electron chi connectivity index (χ0n) is 33.1.